The summed E-state index contributed by atoms with van der Waals surface area (Å²) < 4.78 is 35.8. The lowest BCUT2D eigenvalue weighted by molar-refractivity contribution is 0.339. The summed E-state index contributed by atoms with van der Waals surface area (Å²) in [6.07, 6.45) is 0. The number of hydrogen-bond donors (Lipinski definition) is 0. The fourth-order valence-electron chi connectivity index (χ4n) is 2.36. The average Bonchev–Trinajstić information content (AvgIpc) is 2.45. The van der Waals surface area contributed by atoms with Crippen LogP contribution >= 0.6 is 11.6 Å². The second-order valence-electron chi connectivity index (χ2n) is 5.29. The van der Waals surface area contributed by atoms with Gasteiger partial charge in [0.25, 0.3) is 0 Å². The van der Waals surface area contributed by atoms with Gasteiger partial charge in [0.1, 0.15) is 16.4 Å². The Morgan fingerprint density at radius 3 is 2.22 bits per heavy atom. The first-order chi connectivity index (χ1) is 10.7. The molecule has 0 spiro atoms. The van der Waals surface area contributed by atoms with E-state index in [-0.39, 0.29) is 4.90 Å². The van der Waals surface area contributed by atoms with Gasteiger partial charge in [-0.2, -0.15) is 8.42 Å². The summed E-state index contributed by atoms with van der Waals surface area (Å²) in [4.78, 5) is 0.00438. The first-order valence-corrected chi connectivity index (χ1v) is 8.98. The van der Waals surface area contributed by atoms with E-state index in [1.807, 2.05) is 32.9 Å². The molecule has 0 bridgehead atoms. The number of halogens is 1. The Bertz CT molecular complexity index is 805. The zero-order chi connectivity index (χ0) is 17.2. The summed E-state index contributed by atoms with van der Waals surface area (Å²) in [5.41, 5.74) is 2.59. The highest BCUT2D eigenvalue weighted by Gasteiger charge is 2.21. The Balaban J connectivity index is 2.42. The molecule has 2 rings (SSSR count). The SMILES string of the molecule is CCOc1cc(S(=O)(=O)Oc2c(C)cc(C)cc2C)ccc1Cl. The fourth-order valence-corrected chi connectivity index (χ4v) is 3.60. The van der Waals surface area contributed by atoms with Crippen molar-refractivity contribution >= 4 is 21.7 Å². The van der Waals surface area contributed by atoms with E-state index in [2.05, 4.69) is 0 Å². The predicted molar refractivity (Wildman–Crippen MR) is 91.1 cm³/mol. The number of rotatable bonds is 5. The van der Waals surface area contributed by atoms with Gasteiger partial charge in [0.2, 0.25) is 0 Å². The molecular weight excluding hydrogens is 336 g/mol. The first kappa shape index (κ1) is 17.6. The van der Waals surface area contributed by atoms with E-state index in [9.17, 15) is 8.42 Å². The summed E-state index contributed by atoms with van der Waals surface area (Å²) in [6.45, 7) is 7.77. The summed E-state index contributed by atoms with van der Waals surface area (Å²) >= 11 is 5.99. The third kappa shape index (κ3) is 3.98. The molecule has 0 saturated heterocycles. The predicted octanol–water partition coefficient (Wildman–Crippen LogP) is 4.43. The zero-order valence-corrected chi connectivity index (χ0v) is 15.1. The Morgan fingerprint density at radius 2 is 1.65 bits per heavy atom. The second kappa shape index (κ2) is 6.81. The van der Waals surface area contributed by atoms with Crippen molar-refractivity contribution in [3.63, 3.8) is 0 Å². The van der Waals surface area contributed by atoms with Gasteiger partial charge in [0, 0.05) is 6.07 Å². The molecule has 0 unspecified atom stereocenters. The highest BCUT2D eigenvalue weighted by molar-refractivity contribution is 7.87. The van der Waals surface area contributed by atoms with E-state index >= 15 is 0 Å². The van der Waals surface area contributed by atoms with Crippen LogP contribution in [0.15, 0.2) is 35.2 Å². The highest BCUT2D eigenvalue weighted by atomic mass is 35.5. The van der Waals surface area contributed by atoms with Crippen LogP contribution in [0.4, 0.5) is 0 Å². The monoisotopic (exact) mass is 354 g/mol. The molecular formula is C17H19ClO4S. The van der Waals surface area contributed by atoms with E-state index in [4.69, 9.17) is 20.5 Å². The smallest absolute Gasteiger partial charge is 0.339 e. The number of hydrogen-bond acceptors (Lipinski definition) is 4. The third-order valence-electron chi connectivity index (χ3n) is 3.29. The Labute approximate surface area is 142 Å². The summed E-state index contributed by atoms with van der Waals surface area (Å²) in [5.74, 6) is 0.666. The molecule has 23 heavy (non-hydrogen) atoms. The maximum atomic E-state index is 12.5. The lowest BCUT2D eigenvalue weighted by Gasteiger charge is -2.14. The fraction of sp³-hybridized carbons (Fsp3) is 0.294. The molecule has 6 heteroatoms. The standard InChI is InChI=1S/C17H19ClO4S/c1-5-21-16-10-14(6-7-15(16)18)23(19,20)22-17-12(3)8-11(2)9-13(17)4/h6-10H,5H2,1-4H3. The number of benzene rings is 2. The van der Waals surface area contributed by atoms with E-state index in [0.717, 1.165) is 16.7 Å². The van der Waals surface area contributed by atoms with Gasteiger partial charge in [0.05, 0.1) is 11.6 Å². The molecule has 0 fully saturated rings. The van der Waals surface area contributed by atoms with Crippen LogP contribution in [-0.4, -0.2) is 15.0 Å². The lowest BCUT2D eigenvalue weighted by Crippen LogP contribution is -2.12. The van der Waals surface area contributed by atoms with E-state index < -0.39 is 10.1 Å². The summed E-state index contributed by atoms with van der Waals surface area (Å²) in [7, 11) is -3.97. The minimum atomic E-state index is -3.97. The van der Waals surface area contributed by atoms with Crippen LogP contribution in [0.3, 0.4) is 0 Å². The van der Waals surface area contributed by atoms with Crippen molar-refractivity contribution < 1.29 is 17.3 Å². The first-order valence-electron chi connectivity index (χ1n) is 7.19. The van der Waals surface area contributed by atoms with E-state index in [1.54, 1.807) is 6.92 Å². The van der Waals surface area contributed by atoms with Crippen molar-refractivity contribution in [1.29, 1.82) is 0 Å². The van der Waals surface area contributed by atoms with Crippen molar-refractivity contribution in [2.24, 2.45) is 0 Å². The molecule has 0 aromatic heterocycles. The number of aryl methyl sites for hydroxylation is 3. The molecule has 2 aromatic carbocycles. The Kier molecular flexibility index (Phi) is 5.22. The van der Waals surface area contributed by atoms with Gasteiger partial charge in [-0.25, -0.2) is 0 Å². The van der Waals surface area contributed by atoms with Crippen molar-refractivity contribution in [2.75, 3.05) is 6.61 Å². The van der Waals surface area contributed by atoms with Gasteiger partial charge in [-0.15, -0.1) is 0 Å². The molecule has 0 N–H and O–H groups in total. The Morgan fingerprint density at radius 1 is 1.04 bits per heavy atom. The van der Waals surface area contributed by atoms with Gasteiger partial charge in [0.15, 0.2) is 0 Å². The molecule has 4 nitrogen and oxygen atoms in total. The van der Waals surface area contributed by atoms with Gasteiger partial charge >= 0.3 is 10.1 Å². The molecule has 0 aliphatic rings. The zero-order valence-electron chi connectivity index (χ0n) is 13.5. The number of ether oxygens (including phenoxy) is 1. The molecule has 124 valence electrons. The second-order valence-corrected chi connectivity index (χ2v) is 7.24. The molecule has 0 heterocycles. The van der Waals surface area contributed by atoms with Crippen molar-refractivity contribution in [3.05, 3.63) is 52.0 Å². The minimum absolute atomic E-state index is 0.00438. The van der Waals surface area contributed by atoms with Gasteiger partial charge in [-0.1, -0.05) is 29.3 Å². The van der Waals surface area contributed by atoms with Crippen LogP contribution in [0.5, 0.6) is 11.5 Å². The van der Waals surface area contributed by atoms with Crippen molar-refractivity contribution in [2.45, 2.75) is 32.6 Å². The van der Waals surface area contributed by atoms with Crippen LogP contribution < -0.4 is 8.92 Å². The van der Waals surface area contributed by atoms with Crippen LogP contribution in [-0.2, 0) is 10.1 Å². The molecule has 0 aliphatic carbocycles. The molecule has 0 aliphatic heterocycles. The molecule has 0 atom stereocenters. The van der Waals surface area contributed by atoms with E-state index in [1.165, 1.54) is 18.2 Å². The van der Waals surface area contributed by atoms with Crippen LogP contribution in [0.25, 0.3) is 0 Å². The van der Waals surface area contributed by atoms with Crippen LogP contribution in [0.2, 0.25) is 5.02 Å². The van der Waals surface area contributed by atoms with Crippen molar-refractivity contribution in [3.8, 4) is 11.5 Å². The molecule has 0 radical (unpaired) electrons. The Hall–Kier alpha value is -1.72. The summed E-state index contributed by atoms with van der Waals surface area (Å²) in [6, 6.07) is 8.02. The largest absolute Gasteiger partial charge is 0.492 e. The van der Waals surface area contributed by atoms with E-state index in [0.29, 0.717) is 23.1 Å². The quantitative estimate of drug-likeness (QED) is 0.745. The van der Waals surface area contributed by atoms with Gasteiger partial charge < -0.3 is 8.92 Å². The topological polar surface area (TPSA) is 52.6 Å². The lowest BCUT2D eigenvalue weighted by atomic mass is 10.1. The van der Waals surface area contributed by atoms with Gasteiger partial charge in [-0.3, -0.25) is 0 Å². The molecule has 0 amide bonds. The maximum Gasteiger partial charge on any atom is 0.339 e. The normalized spacial score (nSPS) is 11.3. The highest BCUT2D eigenvalue weighted by Crippen LogP contribution is 2.31. The van der Waals surface area contributed by atoms with Crippen LogP contribution in [0.1, 0.15) is 23.6 Å². The third-order valence-corrected chi connectivity index (χ3v) is 4.82. The van der Waals surface area contributed by atoms with Crippen LogP contribution in [0, 0.1) is 20.8 Å². The maximum absolute atomic E-state index is 12.5. The summed E-state index contributed by atoms with van der Waals surface area (Å²) in [5, 5.41) is 0.355. The minimum Gasteiger partial charge on any atom is -0.492 e. The molecule has 0 saturated carbocycles. The van der Waals surface area contributed by atoms with Crippen molar-refractivity contribution in [1.82, 2.24) is 0 Å². The molecule has 2 aromatic rings. The van der Waals surface area contributed by atoms with Gasteiger partial charge in [-0.05, 0) is 51.0 Å². The average molecular weight is 355 g/mol.